The molecule has 0 amide bonds. The average Bonchev–Trinajstić information content (AvgIpc) is 2.40. The first-order valence-corrected chi connectivity index (χ1v) is 8.13. The number of hydrogen-bond donors (Lipinski definition) is 1. The predicted molar refractivity (Wildman–Crippen MR) is 95.1 cm³/mol. The van der Waals surface area contributed by atoms with Crippen LogP contribution in [-0.4, -0.2) is 13.1 Å². The van der Waals surface area contributed by atoms with Crippen LogP contribution in [0.4, 0.5) is 5.69 Å². The van der Waals surface area contributed by atoms with Gasteiger partial charge in [0.25, 0.3) is 0 Å². The fourth-order valence-corrected chi connectivity index (χ4v) is 3.01. The molecule has 0 spiro atoms. The van der Waals surface area contributed by atoms with E-state index < -0.39 is 0 Å². The first kappa shape index (κ1) is 16.3. The highest BCUT2D eigenvalue weighted by atomic mass is 79.9. The van der Waals surface area contributed by atoms with E-state index in [1.807, 2.05) is 25.1 Å². The van der Waals surface area contributed by atoms with E-state index in [-0.39, 0.29) is 6.04 Å². The fraction of sp³-hybridized carbons (Fsp3) is 0.294. The quantitative estimate of drug-likeness (QED) is 0.835. The molecule has 0 aliphatic heterocycles. The van der Waals surface area contributed by atoms with E-state index in [4.69, 9.17) is 17.3 Å². The minimum absolute atomic E-state index is 0.110. The van der Waals surface area contributed by atoms with Crippen LogP contribution in [0.25, 0.3) is 0 Å². The molecule has 1 unspecified atom stereocenters. The maximum Gasteiger partial charge on any atom is 0.0437 e. The smallest absolute Gasteiger partial charge is 0.0437 e. The van der Waals surface area contributed by atoms with Gasteiger partial charge in [-0.15, -0.1) is 0 Å². The van der Waals surface area contributed by atoms with Crippen molar-refractivity contribution in [2.75, 3.05) is 11.9 Å². The Kier molecular flexibility index (Phi) is 5.68. The Labute approximate surface area is 140 Å². The van der Waals surface area contributed by atoms with Gasteiger partial charge in [0.05, 0.1) is 0 Å². The monoisotopic (exact) mass is 366 g/mol. The Hall–Kier alpha value is -1.03. The molecule has 0 aliphatic rings. The molecule has 0 aliphatic carbocycles. The molecule has 2 nitrogen and oxygen atoms in total. The second-order valence-corrected chi connectivity index (χ2v) is 6.69. The van der Waals surface area contributed by atoms with E-state index in [0.717, 1.165) is 22.5 Å². The van der Waals surface area contributed by atoms with Crippen molar-refractivity contribution >= 4 is 33.2 Å². The third-order valence-electron chi connectivity index (χ3n) is 3.36. The Morgan fingerprint density at radius 2 is 1.90 bits per heavy atom. The van der Waals surface area contributed by atoms with Crippen molar-refractivity contribution in [1.82, 2.24) is 0 Å². The standard InChI is InChI=1S/C17H20BrClN2/c1-12(20)9-14-10-15(19)7-8-17(14)21(2)11-13-5-3-4-6-16(13)18/h3-8,10,12H,9,11,20H2,1-2H3. The van der Waals surface area contributed by atoms with Gasteiger partial charge in [-0.3, -0.25) is 0 Å². The lowest BCUT2D eigenvalue weighted by Crippen LogP contribution is -2.22. The van der Waals surface area contributed by atoms with E-state index in [1.165, 1.54) is 16.8 Å². The van der Waals surface area contributed by atoms with E-state index >= 15 is 0 Å². The van der Waals surface area contributed by atoms with Gasteiger partial charge in [-0.1, -0.05) is 45.7 Å². The Balaban J connectivity index is 2.26. The van der Waals surface area contributed by atoms with Gasteiger partial charge in [-0.25, -0.2) is 0 Å². The molecule has 1 atom stereocenters. The van der Waals surface area contributed by atoms with Gasteiger partial charge >= 0.3 is 0 Å². The molecule has 2 rings (SSSR count). The Morgan fingerprint density at radius 3 is 2.57 bits per heavy atom. The summed E-state index contributed by atoms with van der Waals surface area (Å²) in [4.78, 5) is 2.23. The molecule has 0 heterocycles. The largest absolute Gasteiger partial charge is 0.370 e. The first-order valence-electron chi connectivity index (χ1n) is 6.96. The summed E-state index contributed by atoms with van der Waals surface area (Å²) >= 11 is 9.72. The zero-order valence-electron chi connectivity index (χ0n) is 12.3. The van der Waals surface area contributed by atoms with Crippen molar-refractivity contribution < 1.29 is 0 Å². The van der Waals surface area contributed by atoms with E-state index in [9.17, 15) is 0 Å². The number of halogens is 2. The SMILES string of the molecule is CC(N)Cc1cc(Cl)ccc1N(C)Cc1ccccc1Br. The van der Waals surface area contributed by atoms with Crippen LogP contribution in [0, 0.1) is 0 Å². The average molecular weight is 368 g/mol. The van der Waals surface area contributed by atoms with Crippen LogP contribution in [0.2, 0.25) is 5.02 Å². The summed E-state index contributed by atoms with van der Waals surface area (Å²) < 4.78 is 1.12. The molecule has 0 radical (unpaired) electrons. The number of benzene rings is 2. The van der Waals surface area contributed by atoms with Gasteiger partial charge in [-0.05, 0) is 48.7 Å². The maximum absolute atomic E-state index is 6.12. The van der Waals surface area contributed by atoms with E-state index in [0.29, 0.717) is 0 Å². The molecular formula is C17H20BrClN2. The topological polar surface area (TPSA) is 29.3 Å². The van der Waals surface area contributed by atoms with Gasteiger partial charge in [-0.2, -0.15) is 0 Å². The Bertz CT molecular complexity index is 613. The molecule has 112 valence electrons. The molecule has 0 saturated carbocycles. The summed E-state index contributed by atoms with van der Waals surface area (Å²) in [7, 11) is 2.09. The summed E-state index contributed by atoms with van der Waals surface area (Å²) in [5, 5.41) is 0.753. The summed E-state index contributed by atoms with van der Waals surface area (Å²) in [5.41, 5.74) is 9.56. The maximum atomic E-state index is 6.12. The molecular weight excluding hydrogens is 348 g/mol. The minimum atomic E-state index is 0.110. The van der Waals surface area contributed by atoms with Crippen molar-refractivity contribution in [3.63, 3.8) is 0 Å². The first-order chi connectivity index (χ1) is 9.97. The summed E-state index contributed by atoms with van der Waals surface area (Å²) in [5.74, 6) is 0. The molecule has 0 fully saturated rings. The number of rotatable bonds is 5. The number of nitrogens with zero attached hydrogens (tertiary/aromatic N) is 1. The van der Waals surface area contributed by atoms with Gasteiger partial charge in [0.1, 0.15) is 0 Å². The second-order valence-electron chi connectivity index (χ2n) is 5.40. The lowest BCUT2D eigenvalue weighted by atomic mass is 10.0. The van der Waals surface area contributed by atoms with Crippen LogP contribution in [0.15, 0.2) is 46.9 Å². The highest BCUT2D eigenvalue weighted by Crippen LogP contribution is 2.27. The van der Waals surface area contributed by atoms with Crippen molar-refractivity contribution in [3.8, 4) is 0 Å². The van der Waals surface area contributed by atoms with Crippen LogP contribution in [0.3, 0.4) is 0 Å². The third kappa shape index (κ3) is 4.47. The number of anilines is 1. The summed E-state index contributed by atoms with van der Waals surface area (Å²) in [6.45, 7) is 2.84. The van der Waals surface area contributed by atoms with Gasteiger partial charge < -0.3 is 10.6 Å². The molecule has 0 bridgehead atoms. The van der Waals surface area contributed by atoms with Crippen molar-refractivity contribution in [2.24, 2.45) is 5.73 Å². The lowest BCUT2D eigenvalue weighted by Gasteiger charge is -2.24. The van der Waals surface area contributed by atoms with Crippen molar-refractivity contribution in [2.45, 2.75) is 25.9 Å². The lowest BCUT2D eigenvalue weighted by molar-refractivity contribution is 0.734. The minimum Gasteiger partial charge on any atom is -0.370 e. The molecule has 2 aromatic rings. The highest BCUT2D eigenvalue weighted by Gasteiger charge is 2.11. The fourth-order valence-electron chi connectivity index (χ4n) is 2.40. The molecule has 4 heteroatoms. The second kappa shape index (κ2) is 7.30. The van der Waals surface area contributed by atoms with Crippen LogP contribution >= 0.6 is 27.5 Å². The van der Waals surface area contributed by atoms with Crippen LogP contribution in [0.5, 0.6) is 0 Å². The predicted octanol–water partition coefficient (Wildman–Crippen LogP) is 4.63. The Morgan fingerprint density at radius 1 is 1.19 bits per heavy atom. The summed E-state index contributed by atoms with van der Waals surface area (Å²) in [6, 6.07) is 14.4. The molecule has 2 aromatic carbocycles. The van der Waals surface area contributed by atoms with Gasteiger partial charge in [0, 0.05) is 34.8 Å². The molecule has 2 N–H and O–H groups in total. The van der Waals surface area contributed by atoms with Crippen LogP contribution < -0.4 is 10.6 Å². The van der Waals surface area contributed by atoms with Crippen LogP contribution in [-0.2, 0) is 13.0 Å². The van der Waals surface area contributed by atoms with Crippen molar-refractivity contribution in [1.29, 1.82) is 0 Å². The van der Waals surface area contributed by atoms with E-state index in [2.05, 4.69) is 52.1 Å². The number of hydrogen-bond acceptors (Lipinski definition) is 2. The third-order valence-corrected chi connectivity index (χ3v) is 4.37. The zero-order valence-corrected chi connectivity index (χ0v) is 14.7. The normalized spacial score (nSPS) is 12.2. The summed E-state index contributed by atoms with van der Waals surface area (Å²) in [6.07, 6.45) is 0.816. The van der Waals surface area contributed by atoms with E-state index in [1.54, 1.807) is 0 Å². The molecule has 21 heavy (non-hydrogen) atoms. The van der Waals surface area contributed by atoms with Gasteiger partial charge in [0.15, 0.2) is 0 Å². The highest BCUT2D eigenvalue weighted by molar-refractivity contribution is 9.10. The molecule has 0 aromatic heterocycles. The molecule has 0 saturated heterocycles. The van der Waals surface area contributed by atoms with Crippen molar-refractivity contribution in [3.05, 3.63) is 63.1 Å². The number of nitrogens with two attached hydrogens (primary N) is 1. The van der Waals surface area contributed by atoms with Gasteiger partial charge in [0.2, 0.25) is 0 Å². The zero-order chi connectivity index (χ0) is 15.4. The van der Waals surface area contributed by atoms with Crippen LogP contribution in [0.1, 0.15) is 18.1 Å².